The van der Waals surface area contributed by atoms with Crippen LogP contribution < -0.4 is 5.30 Å². The summed E-state index contributed by atoms with van der Waals surface area (Å²) in [7, 11) is 4.01. The molecule has 0 fully saturated rings. The van der Waals surface area contributed by atoms with Gasteiger partial charge in [0.15, 0.2) is 0 Å². The van der Waals surface area contributed by atoms with Crippen LogP contribution in [0.2, 0.25) is 0 Å². The van der Waals surface area contributed by atoms with Crippen LogP contribution in [0.3, 0.4) is 0 Å². The predicted octanol–water partition coefficient (Wildman–Crippen LogP) is 2.17. The summed E-state index contributed by atoms with van der Waals surface area (Å²) in [6, 6.07) is 6.71. The number of nitrogens with one attached hydrogen (secondary N) is 1. The van der Waals surface area contributed by atoms with Gasteiger partial charge in [0.1, 0.15) is 13.2 Å². The number of benzene rings is 1. The minimum Gasteiger partial charge on any atom is -0.329 e. The van der Waals surface area contributed by atoms with Crippen molar-refractivity contribution in [3.8, 4) is 0 Å². The van der Waals surface area contributed by atoms with Crippen LogP contribution in [0.15, 0.2) is 29.4 Å². The zero-order valence-electron chi connectivity index (χ0n) is 10.4. The van der Waals surface area contributed by atoms with E-state index >= 15 is 0 Å². The fourth-order valence-corrected chi connectivity index (χ4v) is 2.05. The summed E-state index contributed by atoms with van der Waals surface area (Å²) in [5, 5.41) is 3.95. The second-order valence-electron chi connectivity index (χ2n) is 4.81. The Balaban J connectivity index is 2.49. The van der Waals surface area contributed by atoms with E-state index in [4.69, 9.17) is 10.1 Å². The van der Waals surface area contributed by atoms with Crippen molar-refractivity contribution in [1.82, 2.24) is 0 Å². The van der Waals surface area contributed by atoms with Crippen molar-refractivity contribution < 1.29 is 13.6 Å². The molecule has 1 aromatic rings. The maximum atomic E-state index is 11.8. The molecule has 0 heterocycles. The van der Waals surface area contributed by atoms with Gasteiger partial charge in [-0.05, 0) is 24.3 Å². The Hall–Kier alpha value is -1.03. The van der Waals surface area contributed by atoms with Crippen LogP contribution in [0.4, 0.5) is 5.69 Å². The molecule has 0 bridgehead atoms. The number of likely N-dealkylation sites (N-methyl/N-ethyl adjacent to an activating group) is 1. The highest BCUT2D eigenvalue weighted by molar-refractivity contribution is 7.48. The maximum Gasteiger partial charge on any atom is 0.220 e. The summed E-state index contributed by atoms with van der Waals surface area (Å²) in [4.78, 5) is 0. The first kappa shape index (κ1) is 14.0. The number of hydrogen-bond acceptors (Lipinski definition) is 4. The number of quaternary nitrogens is 1. The van der Waals surface area contributed by atoms with E-state index in [0.29, 0.717) is 17.6 Å². The van der Waals surface area contributed by atoms with Gasteiger partial charge in [0, 0.05) is 5.30 Å². The molecule has 0 aliphatic rings. The Morgan fingerprint density at radius 1 is 1.29 bits per heavy atom. The first-order valence-corrected chi connectivity index (χ1v) is 6.69. The molecule has 0 saturated carbocycles. The van der Waals surface area contributed by atoms with Crippen LogP contribution in [0, 0.1) is 5.53 Å². The van der Waals surface area contributed by atoms with Gasteiger partial charge in [-0.1, -0.05) is 0 Å². The largest absolute Gasteiger partial charge is 0.329 e. The lowest BCUT2D eigenvalue weighted by atomic mass is 10.3. The molecule has 1 unspecified atom stereocenters. The summed E-state index contributed by atoms with van der Waals surface area (Å²) < 4.78 is 17.9. The third-order valence-electron chi connectivity index (χ3n) is 2.23. The molecule has 94 valence electrons. The molecule has 0 amide bonds. The van der Waals surface area contributed by atoms with Gasteiger partial charge >= 0.3 is 0 Å². The molecule has 0 aromatic heterocycles. The lowest BCUT2D eigenvalue weighted by Crippen LogP contribution is -2.37. The molecule has 1 atom stereocenters. The molecule has 1 N–H and O–H groups in total. The highest BCUT2D eigenvalue weighted by atomic mass is 31.1. The number of hydrogen-bond donors (Lipinski definition) is 1. The topological polar surface area (TPSA) is 62.5 Å². The Bertz CT molecular complexity index is 398. The minimum absolute atomic E-state index is 0.478. The Labute approximate surface area is 102 Å². The Morgan fingerprint density at radius 2 is 1.88 bits per heavy atom. The third-order valence-corrected chi connectivity index (χ3v) is 3.50. The molecule has 1 aromatic carbocycles. The Kier molecular flexibility index (Phi) is 5.00. The average Bonchev–Trinajstić information content (AvgIpc) is 2.27. The number of nitrogens with zero attached hydrogens (tertiary/aromatic N) is 2. The van der Waals surface area contributed by atoms with Crippen molar-refractivity contribution in [1.29, 1.82) is 5.53 Å². The fourth-order valence-electron chi connectivity index (χ4n) is 1.17. The van der Waals surface area contributed by atoms with Crippen molar-refractivity contribution in [2.45, 2.75) is 0 Å². The fraction of sp³-hybridized carbons (Fsp3) is 0.455. The molecule has 0 radical (unpaired) electrons. The summed E-state index contributed by atoms with van der Waals surface area (Å²) in [6.45, 7) is 1.29. The van der Waals surface area contributed by atoms with Gasteiger partial charge < -0.3 is 9.01 Å². The van der Waals surface area contributed by atoms with E-state index < -0.39 is 8.03 Å². The van der Waals surface area contributed by atoms with E-state index in [1.165, 1.54) is 0 Å². The second kappa shape index (κ2) is 6.05. The van der Waals surface area contributed by atoms with Gasteiger partial charge in [0.25, 0.3) is 0 Å². The van der Waals surface area contributed by atoms with Crippen molar-refractivity contribution in [2.75, 3.05) is 34.3 Å². The zero-order valence-corrected chi connectivity index (χ0v) is 11.4. The lowest BCUT2D eigenvalue weighted by Gasteiger charge is -2.23. The number of rotatable bonds is 6. The van der Waals surface area contributed by atoms with Gasteiger partial charge in [0.2, 0.25) is 8.03 Å². The van der Waals surface area contributed by atoms with E-state index in [-0.39, 0.29) is 0 Å². The van der Waals surface area contributed by atoms with Crippen LogP contribution >= 0.6 is 8.03 Å². The average molecular weight is 256 g/mol. The zero-order chi connectivity index (χ0) is 12.9. The molecule has 17 heavy (non-hydrogen) atoms. The SMILES string of the molecule is C[N+](C)(C)CCO[PH](=O)c1ccc(N=N)cc1. The van der Waals surface area contributed by atoms with E-state index in [0.717, 1.165) is 11.0 Å². The van der Waals surface area contributed by atoms with Crippen LogP contribution in [0.5, 0.6) is 0 Å². The monoisotopic (exact) mass is 256 g/mol. The predicted molar refractivity (Wildman–Crippen MR) is 68.7 cm³/mol. The summed E-state index contributed by atoms with van der Waals surface area (Å²) in [5.74, 6) is 0. The van der Waals surface area contributed by atoms with Crippen LogP contribution in [0.25, 0.3) is 0 Å². The van der Waals surface area contributed by atoms with E-state index in [2.05, 4.69) is 26.3 Å². The molecular formula is C11H19N3O2P+. The van der Waals surface area contributed by atoms with Crippen LogP contribution in [-0.4, -0.2) is 38.8 Å². The minimum atomic E-state index is -2.18. The van der Waals surface area contributed by atoms with Gasteiger partial charge in [-0.2, -0.15) is 5.11 Å². The molecular weight excluding hydrogens is 237 g/mol. The molecule has 5 nitrogen and oxygen atoms in total. The lowest BCUT2D eigenvalue weighted by molar-refractivity contribution is -0.870. The first-order valence-electron chi connectivity index (χ1n) is 5.37. The van der Waals surface area contributed by atoms with Gasteiger partial charge in [-0.25, -0.2) is 5.53 Å². The van der Waals surface area contributed by atoms with Crippen molar-refractivity contribution in [2.24, 2.45) is 5.11 Å². The maximum absolute atomic E-state index is 11.8. The van der Waals surface area contributed by atoms with Crippen molar-refractivity contribution >= 4 is 19.0 Å². The van der Waals surface area contributed by atoms with Gasteiger partial charge in [-0.15, -0.1) is 0 Å². The summed E-state index contributed by atoms with van der Waals surface area (Å²) in [5.41, 5.74) is 7.37. The second-order valence-corrected chi connectivity index (χ2v) is 6.25. The van der Waals surface area contributed by atoms with Gasteiger partial charge in [0.05, 0.1) is 26.8 Å². The van der Waals surface area contributed by atoms with E-state index in [9.17, 15) is 4.57 Å². The highest BCUT2D eigenvalue weighted by Crippen LogP contribution is 2.22. The van der Waals surface area contributed by atoms with Crippen molar-refractivity contribution in [3.63, 3.8) is 0 Å². The highest BCUT2D eigenvalue weighted by Gasteiger charge is 2.09. The molecule has 0 spiro atoms. The molecule has 1 rings (SSSR count). The first-order chi connectivity index (χ1) is 7.92. The van der Waals surface area contributed by atoms with Gasteiger partial charge in [-0.3, -0.25) is 4.57 Å². The van der Waals surface area contributed by atoms with E-state index in [1.54, 1.807) is 24.3 Å². The smallest absolute Gasteiger partial charge is 0.220 e. The summed E-state index contributed by atoms with van der Waals surface area (Å²) in [6.07, 6.45) is 0. The van der Waals surface area contributed by atoms with E-state index in [1.807, 2.05) is 0 Å². The standard InChI is InChI=1S/C11H19N3O2P/c1-14(2,3)8-9-16-17(15)11-6-4-10(13-12)5-7-11/h4-7,12,17H,8-9H2,1-3H3/q+1. The quantitative estimate of drug-likeness (QED) is 0.481. The molecule has 0 saturated heterocycles. The normalized spacial score (nSPS) is 13.4. The molecule has 0 aliphatic heterocycles. The Morgan fingerprint density at radius 3 is 2.35 bits per heavy atom. The molecule has 0 aliphatic carbocycles. The summed E-state index contributed by atoms with van der Waals surface area (Å²) >= 11 is 0. The molecule has 6 heteroatoms. The third kappa shape index (κ3) is 5.22. The van der Waals surface area contributed by atoms with Crippen molar-refractivity contribution in [3.05, 3.63) is 24.3 Å². The van der Waals surface area contributed by atoms with Crippen LogP contribution in [-0.2, 0) is 9.09 Å². The van der Waals surface area contributed by atoms with Crippen LogP contribution in [0.1, 0.15) is 0 Å².